The highest BCUT2D eigenvalue weighted by Crippen LogP contribution is 2.09. The smallest absolute Gasteiger partial charge is 0.274 e. The van der Waals surface area contributed by atoms with Crippen LogP contribution in [0.4, 0.5) is 11.4 Å². The number of carbonyl (C=O) groups excluding carboxylic acids is 1. The number of aromatic nitrogens is 2. The van der Waals surface area contributed by atoms with Gasteiger partial charge in [0, 0.05) is 6.54 Å². The molecule has 0 aliphatic heterocycles. The first-order valence-corrected chi connectivity index (χ1v) is 5.70. The van der Waals surface area contributed by atoms with Crippen LogP contribution in [0.15, 0.2) is 35.3 Å². The number of amides is 1. The Balaban J connectivity index is 1.98. The average molecular weight is 246 g/mol. The van der Waals surface area contributed by atoms with Gasteiger partial charge in [-0.05, 0) is 18.6 Å². The van der Waals surface area contributed by atoms with Gasteiger partial charge in [0.05, 0.1) is 18.1 Å². The molecule has 0 bridgehead atoms. The van der Waals surface area contributed by atoms with Crippen molar-refractivity contribution in [1.82, 2.24) is 10.1 Å². The number of carbonyl (C=O) groups is 1. The summed E-state index contributed by atoms with van der Waals surface area (Å²) in [5.74, 6) is -0.291. The molecule has 0 aliphatic carbocycles. The van der Waals surface area contributed by atoms with Crippen LogP contribution in [-0.2, 0) is 0 Å². The van der Waals surface area contributed by atoms with Gasteiger partial charge in [-0.15, -0.1) is 0 Å². The van der Waals surface area contributed by atoms with Crippen LogP contribution in [0.5, 0.6) is 0 Å². The Morgan fingerprint density at radius 3 is 2.83 bits per heavy atom. The minimum absolute atomic E-state index is 0.291. The fourth-order valence-electron chi connectivity index (χ4n) is 1.36. The molecule has 94 valence electrons. The number of nitrogens with one attached hydrogen (secondary N) is 2. The van der Waals surface area contributed by atoms with E-state index in [-0.39, 0.29) is 5.91 Å². The summed E-state index contributed by atoms with van der Waals surface area (Å²) in [4.78, 5) is 15.9. The number of hydrogen-bond donors (Lipinski definition) is 2. The van der Waals surface area contributed by atoms with E-state index in [2.05, 4.69) is 32.2 Å². The van der Waals surface area contributed by atoms with Gasteiger partial charge in [-0.3, -0.25) is 4.79 Å². The Kier molecular flexibility index (Phi) is 3.90. The highest BCUT2D eigenvalue weighted by molar-refractivity contribution is 6.02. The van der Waals surface area contributed by atoms with E-state index >= 15 is 0 Å². The van der Waals surface area contributed by atoms with Gasteiger partial charge in [0.1, 0.15) is 17.6 Å². The third-order valence-electron chi connectivity index (χ3n) is 2.27. The van der Waals surface area contributed by atoms with E-state index in [9.17, 15) is 4.79 Å². The molecule has 0 saturated heterocycles. The molecule has 0 aromatic carbocycles. The Labute approximate surface area is 104 Å². The molecule has 2 rings (SSSR count). The average Bonchev–Trinajstić information content (AvgIpc) is 2.89. The minimum atomic E-state index is -0.291. The lowest BCUT2D eigenvalue weighted by atomic mass is 10.3. The zero-order valence-corrected chi connectivity index (χ0v) is 10.0. The molecule has 2 aromatic rings. The van der Waals surface area contributed by atoms with Crippen LogP contribution in [0, 0.1) is 0 Å². The number of rotatable bonds is 5. The van der Waals surface area contributed by atoms with Crippen LogP contribution in [-0.4, -0.2) is 22.6 Å². The maximum atomic E-state index is 11.8. The van der Waals surface area contributed by atoms with E-state index < -0.39 is 0 Å². The second kappa shape index (κ2) is 5.81. The molecular weight excluding hydrogens is 232 g/mol. The van der Waals surface area contributed by atoms with E-state index in [1.165, 1.54) is 12.5 Å². The van der Waals surface area contributed by atoms with Crippen molar-refractivity contribution in [3.63, 3.8) is 0 Å². The Bertz CT molecular complexity index is 493. The Hall–Kier alpha value is -2.37. The molecule has 0 atom stereocenters. The van der Waals surface area contributed by atoms with Crippen molar-refractivity contribution in [2.24, 2.45) is 0 Å². The van der Waals surface area contributed by atoms with Crippen molar-refractivity contribution in [2.45, 2.75) is 13.3 Å². The van der Waals surface area contributed by atoms with Gasteiger partial charge in [-0.1, -0.05) is 12.1 Å². The number of anilines is 2. The minimum Gasteiger partial charge on any atom is -0.384 e. The molecule has 0 aliphatic rings. The lowest BCUT2D eigenvalue weighted by Gasteiger charge is -2.05. The summed E-state index contributed by atoms with van der Waals surface area (Å²) >= 11 is 0. The summed E-state index contributed by atoms with van der Waals surface area (Å²) in [5, 5.41) is 9.31. The van der Waals surface area contributed by atoms with Gasteiger partial charge in [-0.25, -0.2) is 4.98 Å². The standard InChI is InChI=1S/C12H14N4O2/c1-2-5-13-9-3-4-11(14-6-9)12(17)16-10-7-15-18-8-10/h3-4,6-8,13H,2,5H2,1H3,(H,16,17). The van der Waals surface area contributed by atoms with E-state index in [1.807, 2.05) is 6.07 Å². The van der Waals surface area contributed by atoms with Crippen molar-refractivity contribution in [3.05, 3.63) is 36.5 Å². The Morgan fingerprint density at radius 2 is 2.22 bits per heavy atom. The summed E-state index contributed by atoms with van der Waals surface area (Å²) < 4.78 is 4.62. The summed E-state index contributed by atoms with van der Waals surface area (Å²) in [5.41, 5.74) is 1.76. The van der Waals surface area contributed by atoms with Gasteiger partial charge in [0.2, 0.25) is 0 Å². The van der Waals surface area contributed by atoms with Crippen LogP contribution in [0.25, 0.3) is 0 Å². The molecule has 18 heavy (non-hydrogen) atoms. The van der Waals surface area contributed by atoms with Gasteiger partial charge in [0.15, 0.2) is 0 Å². The third-order valence-corrected chi connectivity index (χ3v) is 2.27. The molecule has 0 spiro atoms. The maximum absolute atomic E-state index is 11.8. The molecule has 0 saturated carbocycles. The van der Waals surface area contributed by atoms with Crippen molar-refractivity contribution in [1.29, 1.82) is 0 Å². The summed E-state index contributed by atoms with van der Waals surface area (Å²) in [6.07, 6.45) is 5.46. The lowest BCUT2D eigenvalue weighted by Crippen LogP contribution is -2.13. The van der Waals surface area contributed by atoms with Crippen LogP contribution >= 0.6 is 0 Å². The fourth-order valence-corrected chi connectivity index (χ4v) is 1.36. The van der Waals surface area contributed by atoms with E-state index in [1.54, 1.807) is 12.3 Å². The molecule has 1 amide bonds. The second-order valence-electron chi connectivity index (χ2n) is 3.73. The summed E-state index contributed by atoms with van der Waals surface area (Å²) in [6.45, 7) is 2.97. The molecule has 2 heterocycles. The van der Waals surface area contributed by atoms with Gasteiger partial charge < -0.3 is 15.2 Å². The zero-order valence-electron chi connectivity index (χ0n) is 10.0. The molecule has 6 nitrogen and oxygen atoms in total. The quantitative estimate of drug-likeness (QED) is 0.844. The Morgan fingerprint density at radius 1 is 1.33 bits per heavy atom. The van der Waals surface area contributed by atoms with E-state index in [0.29, 0.717) is 11.4 Å². The molecule has 0 fully saturated rings. The van der Waals surface area contributed by atoms with Crippen LogP contribution in [0.3, 0.4) is 0 Å². The third kappa shape index (κ3) is 3.07. The van der Waals surface area contributed by atoms with Crippen LogP contribution in [0.2, 0.25) is 0 Å². The van der Waals surface area contributed by atoms with Crippen molar-refractivity contribution >= 4 is 17.3 Å². The number of pyridine rings is 1. The van der Waals surface area contributed by atoms with Crippen LogP contribution < -0.4 is 10.6 Å². The van der Waals surface area contributed by atoms with Crippen LogP contribution in [0.1, 0.15) is 23.8 Å². The lowest BCUT2D eigenvalue weighted by molar-refractivity contribution is 0.102. The van der Waals surface area contributed by atoms with Crippen molar-refractivity contribution < 1.29 is 9.32 Å². The summed E-state index contributed by atoms with van der Waals surface area (Å²) in [7, 11) is 0. The zero-order chi connectivity index (χ0) is 12.8. The topological polar surface area (TPSA) is 80.0 Å². The largest absolute Gasteiger partial charge is 0.384 e. The molecule has 6 heteroatoms. The molecule has 0 unspecified atom stereocenters. The molecule has 2 N–H and O–H groups in total. The van der Waals surface area contributed by atoms with E-state index in [0.717, 1.165) is 18.7 Å². The first kappa shape index (κ1) is 12.1. The predicted molar refractivity (Wildman–Crippen MR) is 67.5 cm³/mol. The number of nitrogens with zero attached hydrogens (tertiary/aromatic N) is 2. The first-order valence-electron chi connectivity index (χ1n) is 5.70. The fraction of sp³-hybridized carbons (Fsp3) is 0.250. The van der Waals surface area contributed by atoms with Gasteiger partial charge >= 0.3 is 0 Å². The monoisotopic (exact) mass is 246 g/mol. The van der Waals surface area contributed by atoms with Gasteiger partial charge in [0.25, 0.3) is 5.91 Å². The first-order chi connectivity index (χ1) is 8.79. The predicted octanol–water partition coefficient (Wildman–Crippen LogP) is 2.14. The second-order valence-corrected chi connectivity index (χ2v) is 3.73. The highest BCUT2D eigenvalue weighted by atomic mass is 16.5. The normalized spacial score (nSPS) is 10.1. The molecule has 0 radical (unpaired) electrons. The van der Waals surface area contributed by atoms with Crippen molar-refractivity contribution in [3.8, 4) is 0 Å². The van der Waals surface area contributed by atoms with E-state index in [4.69, 9.17) is 0 Å². The SMILES string of the molecule is CCCNc1ccc(C(=O)Nc2cnoc2)nc1. The molecular formula is C12H14N4O2. The molecule has 2 aromatic heterocycles. The highest BCUT2D eigenvalue weighted by Gasteiger charge is 2.08. The maximum Gasteiger partial charge on any atom is 0.274 e. The van der Waals surface area contributed by atoms with Gasteiger partial charge in [-0.2, -0.15) is 0 Å². The summed E-state index contributed by atoms with van der Waals surface area (Å²) in [6, 6.07) is 3.49. The number of hydrogen-bond acceptors (Lipinski definition) is 5. The van der Waals surface area contributed by atoms with Crippen molar-refractivity contribution in [2.75, 3.05) is 17.2 Å².